The highest BCUT2D eigenvalue weighted by Crippen LogP contribution is 2.40. The maximum absolute atomic E-state index is 13.8. The topological polar surface area (TPSA) is 22.0 Å². The number of carbonyl (C=O) groups excluding carboxylic acids is 1. The van der Waals surface area contributed by atoms with Crippen molar-refractivity contribution in [3.63, 3.8) is 0 Å². The Morgan fingerprint density at radius 2 is 1.72 bits per heavy atom. The first kappa shape index (κ1) is 20.7. The van der Waals surface area contributed by atoms with Gasteiger partial charge < -0.3 is 4.57 Å². The third kappa shape index (κ3) is 4.12. The van der Waals surface area contributed by atoms with Crippen LogP contribution in [0.1, 0.15) is 54.0 Å². The average molecular weight is 426 g/mol. The Bertz CT molecular complexity index is 1240. The molecule has 1 unspecified atom stereocenters. The molecule has 1 aliphatic rings. The van der Waals surface area contributed by atoms with Crippen molar-refractivity contribution < 1.29 is 9.18 Å². The molecule has 1 atom stereocenters. The Morgan fingerprint density at radius 1 is 0.938 bits per heavy atom. The lowest BCUT2D eigenvalue weighted by Crippen LogP contribution is -2.20. The van der Waals surface area contributed by atoms with Gasteiger partial charge in [0.15, 0.2) is 0 Å². The van der Waals surface area contributed by atoms with E-state index in [1.807, 2.05) is 18.2 Å². The number of aromatic nitrogens is 1. The Balaban J connectivity index is 1.44. The molecule has 3 heteroatoms. The monoisotopic (exact) mass is 425 g/mol. The minimum absolute atomic E-state index is 0.0341. The van der Waals surface area contributed by atoms with Crippen molar-refractivity contribution in [1.82, 2.24) is 4.57 Å². The smallest absolute Gasteiger partial charge is 0.140 e. The van der Waals surface area contributed by atoms with Crippen LogP contribution in [-0.2, 0) is 24.2 Å². The van der Waals surface area contributed by atoms with Gasteiger partial charge in [-0.05, 0) is 67.0 Å². The van der Waals surface area contributed by atoms with Crippen LogP contribution >= 0.6 is 0 Å². The molecule has 0 amide bonds. The van der Waals surface area contributed by atoms with Crippen molar-refractivity contribution in [2.24, 2.45) is 0 Å². The fraction of sp³-hybridized carbons (Fsp3) is 0.276. The normalized spacial score (nSPS) is 15.6. The minimum atomic E-state index is -0.209. The molecule has 4 aromatic rings. The molecule has 5 rings (SSSR count). The van der Waals surface area contributed by atoms with Gasteiger partial charge in [-0.15, -0.1) is 0 Å². The molecule has 1 aromatic heterocycles. The number of hydrogen-bond donors (Lipinski definition) is 0. The highest BCUT2D eigenvalue weighted by molar-refractivity contribution is 5.95. The van der Waals surface area contributed by atoms with Crippen LogP contribution in [0.3, 0.4) is 0 Å². The largest absolute Gasteiger partial charge is 0.340 e. The Labute approximate surface area is 188 Å². The summed E-state index contributed by atoms with van der Waals surface area (Å²) in [5.74, 6) is 0.114. The van der Waals surface area contributed by atoms with Crippen molar-refractivity contribution in [2.45, 2.75) is 51.0 Å². The molecular weight excluding hydrogens is 397 g/mol. The van der Waals surface area contributed by atoms with Crippen LogP contribution in [0.15, 0.2) is 78.9 Å². The van der Waals surface area contributed by atoms with E-state index in [9.17, 15) is 9.18 Å². The number of aryl methyl sites for hydroxylation is 1. The van der Waals surface area contributed by atoms with Gasteiger partial charge >= 0.3 is 0 Å². The number of ketones is 1. The second kappa shape index (κ2) is 9.12. The zero-order valence-electron chi connectivity index (χ0n) is 18.3. The van der Waals surface area contributed by atoms with Crippen LogP contribution in [0.4, 0.5) is 4.39 Å². The Hall–Kier alpha value is -3.20. The fourth-order valence-corrected chi connectivity index (χ4v) is 5.27. The second-order valence-corrected chi connectivity index (χ2v) is 8.84. The van der Waals surface area contributed by atoms with Gasteiger partial charge in [-0.2, -0.15) is 0 Å². The van der Waals surface area contributed by atoms with E-state index < -0.39 is 0 Å². The molecule has 0 spiro atoms. The van der Waals surface area contributed by atoms with E-state index in [2.05, 4.69) is 47.0 Å². The maximum Gasteiger partial charge on any atom is 0.140 e. The predicted octanol–water partition coefficient (Wildman–Crippen LogP) is 6.84. The summed E-state index contributed by atoms with van der Waals surface area (Å²) in [7, 11) is 0. The minimum Gasteiger partial charge on any atom is -0.340 e. The molecule has 0 radical (unpaired) electrons. The summed E-state index contributed by atoms with van der Waals surface area (Å²) in [5.41, 5.74) is 5.85. The highest BCUT2D eigenvalue weighted by Gasteiger charge is 2.31. The summed E-state index contributed by atoms with van der Waals surface area (Å²) >= 11 is 0. The molecule has 0 saturated carbocycles. The van der Waals surface area contributed by atoms with Crippen LogP contribution in [0.25, 0.3) is 10.9 Å². The Morgan fingerprint density at radius 3 is 2.56 bits per heavy atom. The molecule has 32 heavy (non-hydrogen) atoms. The van der Waals surface area contributed by atoms with Crippen molar-refractivity contribution in [2.75, 3.05) is 0 Å². The number of para-hydroxylation sites is 1. The third-order valence-corrected chi connectivity index (χ3v) is 6.73. The number of rotatable bonds is 7. The quantitative estimate of drug-likeness (QED) is 0.318. The predicted molar refractivity (Wildman–Crippen MR) is 128 cm³/mol. The molecule has 2 nitrogen and oxygen atoms in total. The van der Waals surface area contributed by atoms with Gasteiger partial charge in [0.25, 0.3) is 0 Å². The van der Waals surface area contributed by atoms with Gasteiger partial charge in [0, 0.05) is 35.5 Å². The summed E-state index contributed by atoms with van der Waals surface area (Å²) in [6.45, 7) is 0.628. The highest BCUT2D eigenvalue weighted by atomic mass is 19.1. The molecule has 1 heterocycles. The van der Waals surface area contributed by atoms with E-state index in [0.717, 1.165) is 43.2 Å². The fourth-order valence-electron chi connectivity index (χ4n) is 5.27. The van der Waals surface area contributed by atoms with Gasteiger partial charge in [-0.3, -0.25) is 4.79 Å². The lowest BCUT2D eigenvalue weighted by Gasteiger charge is -2.24. The first-order valence-electron chi connectivity index (χ1n) is 11.6. The van der Waals surface area contributed by atoms with Crippen molar-refractivity contribution in [1.29, 1.82) is 0 Å². The van der Waals surface area contributed by atoms with E-state index in [0.29, 0.717) is 18.7 Å². The summed E-state index contributed by atoms with van der Waals surface area (Å²) in [6.07, 6.45) is 5.34. The van der Waals surface area contributed by atoms with E-state index >= 15 is 0 Å². The number of halogens is 1. The number of hydrogen-bond acceptors (Lipinski definition) is 1. The van der Waals surface area contributed by atoms with Crippen LogP contribution < -0.4 is 0 Å². The molecule has 0 saturated heterocycles. The molecule has 0 fully saturated rings. The van der Waals surface area contributed by atoms with Gasteiger partial charge in [0.05, 0.1) is 0 Å². The maximum atomic E-state index is 13.8. The molecule has 0 N–H and O–H groups in total. The number of fused-ring (bicyclic) bond motifs is 3. The number of benzene rings is 3. The molecule has 3 aromatic carbocycles. The van der Waals surface area contributed by atoms with Crippen molar-refractivity contribution in [3.8, 4) is 0 Å². The zero-order valence-corrected chi connectivity index (χ0v) is 18.3. The lowest BCUT2D eigenvalue weighted by molar-refractivity contribution is -0.120. The molecular formula is C29H28FNO. The van der Waals surface area contributed by atoms with E-state index in [4.69, 9.17) is 0 Å². The van der Waals surface area contributed by atoms with Crippen LogP contribution in [0, 0.1) is 5.82 Å². The zero-order chi connectivity index (χ0) is 21.9. The van der Waals surface area contributed by atoms with Gasteiger partial charge in [-0.1, -0.05) is 60.7 Å². The van der Waals surface area contributed by atoms with Gasteiger partial charge in [-0.25, -0.2) is 4.39 Å². The second-order valence-electron chi connectivity index (χ2n) is 8.84. The van der Waals surface area contributed by atoms with E-state index in [1.54, 1.807) is 12.1 Å². The van der Waals surface area contributed by atoms with Gasteiger partial charge in [0.2, 0.25) is 0 Å². The third-order valence-electron chi connectivity index (χ3n) is 6.73. The number of carbonyl (C=O) groups is 1. The lowest BCUT2D eigenvalue weighted by atomic mass is 9.81. The standard InChI is InChI=1S/C29H28FNO/c30-23-13-6-12-22(19-23)20-31-26-16-5-4-14-24(26)29-25(15-8-17-27(29)31)28(32)18-7-11-21-9-2-1-3-10-21/h1-6,9-10,12-14,16,19,25H,7-8,11,15,17-18,20H2. The number of nitrogens with zero attached hydrogens (tertiary/aromatic N) is 1. The average Bonchev–Trinajstić information content (AvgIpc) is 3.14. The number of Topliss-reactive ketones (excluding diaryl/α,β-unsaturated/α-hetero) is 1. The summed E-state index contributed by atoms with van der Waals surface area (Å²) in [6, 6.07) is 25.6. The molecule has 0 bridgehead atoms. The summed E-state index contributed by atoms with van der Waals surface area (Å²) in [5, 5.41) is 1.18. The van der Waals surface area contributed by atoms with Gasteiger partial charge in [0.1, 0.15) is 11.6 Å². The molecule has 0 aliphatic heterocycles. The SMILES string of the molecule is O=C(CCCc1ccccc1)C1CCCc2c1c1ccccc1n2Cc1cccc(F)c1. The van der Waals surface area contributed by atoms with Crippen LogP contribution in [0.2, 0.25) is 0 Å². The van der Waals surface area contributed by atoms with E-state index in [1.165, 1.54) is 28.3 Å². The van der Waals surface area contributed by atoms with Crippen LogP contribution in [-0.4, -0.2) is 10.4 Å². The molecule has 162 valence electrons. The van der Waals surface area contributed by atoms with Crippen LogP contribution in [0.5, 0.6) is 0 Å². The van der Waals surface area contributed by atoms with E-state index in [-0.39, 0.29) is 11.7 Å². The van der Waals surface area contributed by atoms with Crippen molar-refractivity contribution in [3.05, 3.63) is 107 Å². The molecule has 1 aliphatic carbocycles. The summed E-state index contributed by atoms with van der Waals surface area (Å²) < 4.78 is 16.1. The first-order valence-corrected chi connectivity index (χ1v) is 11.6. The summed E-state index contributed by atoms with van der Waals surface area (Å²) in [4.78, 5) is 13.3. The Kier molecular flexibility index (Phi) is 5.89. The van der Waals surface area contributed by atoms with Crippen molar-refractivity contribution >= 4 is 16.7 Å². The first-order chi connectivity index (χ1) is 15.7.